The summed E-state index contributed by atoms with van der Waals surface area (Å²) in [5.41, 5.74) is 32.3. The molecule has 4 heteroatoms. The zero-order chi connectivity index (χ0) is 65.1. The Kier molecular flexibility index (Phi) is 10.7. The average molecular weight is 1260 g/mol. The molecule has 458 valence electrons. The second-order valence-corrected chi connectivity index (χ2v) is 27.8. The zero-order valence-corrected chi connectivity index (χ0v) is 54.0. The molecule has 0 fully saturated rings. The van der Waals surface area contributed by atoms with Crippen LogP contribution in [0.2, 0.25) is 0 Å². The lowest BCUT2D eigenvalue weighted by Gasteiger charge is -2.30. The van der Waals surface area contributed by atoms with Crippen molar-refractivity contribution in [1.82, 2.24) is 19.9 Å². The van der Waals surface area contributed by atoms with Crippen LogP contribution in [0.5, 0.6) is 0 Å². The van der Waals surface area contributed by atoms with Gasteiger partial charge in [0.2, 0.25) is 0 Å². The summed E-state index contributed by atoms with van der Waals surface area (Å²) < 4.78 is 0. The summed E-state index contributed by atoms with van der Waals surface area (Å²) in [4.78, 5) is 20.6. The molecule has 0 unspecified atom stereocenters. The third-order valence-electron chi connectivity index (χ3n) is 23.1. The molecule has 2 spiro atoms. The molecule has 0 saturated carbocycles. The topological polar surface area (TPSA) is 51.6 Å². The Bertz CT molecular complexity index is 6830. The largest absolute Gasteiger partial charge is 0.254 e. The molecule has 4 aliphatic carbocycles. The number of benzene rings is 15. The molecule has 19 aromatic rings. The Morgan fingerprint density at radius 2 is 0.610 bits per heavy atom. The van der Waals surface area contributed by atoms with Gasteiger partial charge < -0.3 is 0 Å². The second kappa shape index (κ2) is 19.8. The Labute approximate surface area is 575 Å². The minimum atomic E-state index is -0.524. The maximum absolute atomic E-state index is 5.57. The van der Waals surface area contributed by atoms with E-state index in [0.717, 1.165) is 82.8 Å². The fourth-order valence-corrected chi connectivity index (χ4v) is 18.8. The first-order valence-corrected chi connectivity index (χ1v) is 34.6. The van der Waals surface area contributed by atoms with E-state index in [0.29, 0.717) is 0 Å². The van der Waals surface area contributed by atoms with Gasteiger partial charge in [0.25, 0.3) is 0 Å². The molecule has 0 bridgehead atoms. The van der Waals surface area contributed by atoms with E-state index >= 15 is 0 Å². The summed E-state index contributed by atoms with van der Waals surface area (Å²) in [6.45, 7) is 0. The lowest BCUT2D eigenvalue weighted by molar-refractivity contribution is 0.795. The lowest BCUT2D eigenvalue weighted by atomic mass is 9.70. The van der Waals surface area contributed by atoms with Crippen LogP contribution in [0.3, 0.4) is 0 Å². The average Bonchev–Trinajstić information content (AvgIpc) is 1.51. The van der Waals surface area contributed by atoms with Gasteiger partial charge in [0.1, 0.15) is 0 Å². The summed E-state index contributed by atoms with van der Waals surface area (Å²) in [6.07, 6.45) is 3.76. The smallest absolute Gasteiger partial charge is 0.0972 e. The molecule has 4 nitrogen and oxygen atoms in total. The van der Waals surface area contributed by atoms with Gasteiger partial charge in [-0.15, -0.1) is 0 Å². The van der Waals surface area contributed by atoms with Crippen LogP contribution in [0.4, 0.5) is 0 Å². The monoisotopic (exact) mass is 1260 g/mol. The third-order valence-corrected chi connectivity index (χ3v) is 23.1. The van der Waals surface area contributed by atoms with E-state index in [4.69, 9.17) is 19.9 Å². The fraction of sp³-hybridized carbons (Fsp3) is 0.0208. The van der Waals surface area contributed by atoms with Crippen molar-refractivity contribution in [3.8, 4) is 89.3 Å². The maximum atomic E-state index is 5.57. The summed E-state index contributed by atoms with van der Waals surface area (Å²) >= 11 is 0. The first-order chi connectivity index (χ1) is 49.5. The third kappa shape index (κ3) is 7.13. The highest BCUT2D eigenvalue weighted by molar-refractivity contribution is 6.15. The summed E-state index contributed by atoms with van der Waals surface area (Å²) in [7, 11) is 0. The maximum Gasteiger partial charge on any atom is 0.0972 e. The van der Waals surface area contributed by atoms with E-state index in [9.17, 15) is 0 Å². The highest BCUT2D eigenvalue weighted by Crippen LogP contribution is 2.66. The number of pyridine rings is 4. The minimum Gasteiger partial charge on any atom is -0.254 e. The molecule has 4 heterocycles. The molecule has 0 saturated heterocycles. The molecule has 0 aliphatic heterocycles. The number of nitrogens with zero attached hydrogens (tertiary/aromatic N) is 4. The van der Waals surface area contributed by atoms with E-state index in [-0.39, 0.29) is 0 Å². The van der Waals surface area contributed by atoms with Gasteiger partial charge in [-0.2, -0.15) is 0 Å². The van der Waals surface area contributed by atoms with E-state index in [1.54, 1.807) is 0 Å². The van der Waals surface area contributed by atoms with Crippen molar-refractivity contribution in [3.05, 3.63) is 372 Å². The molecule has 0 N–H and O–H groups in total. The van der Waals surface area contributed by atoms with E-state index < -0.39 is 10.8 Å². The van der Waals surface area contributed by atoms with Crippen molar-refractivity contribution in [2.75, 3.05) is 0 Å². The lowest BCUT2D eigenvalue weighted by Crippen LogP contribution is -2.25. The zero-order valence-electron chi connectivity index (χ0n) is 54.0. The molecule has 100 heavy (non-hydrogen) atoms. The van der Waals surface area contributed by atoms with Crippen LogP contribution in [0.25, 0.3) is 176 Å². The predicted molar refractivity (Wildman–Crippen MR) is 412 cm³/mol. The highest BCUT2D eigenvalue weighted by Gasteiger charge is 2.54. The van der Waals surface area contributed by atoms with E-state index in [1.165, 1.54) is 138 Å². The van der Waals surface area contributed by atoms with E-state index in [1.807, 2.05) is 18.5 Å². The van der Waals surface area contributed by atoms with Crippen molar-refractivity contribution >= 4 is 86.7 Å². The van der Waals surface area contributed by atoms with Crippen molar-refractivity contribution in [3.63, 3.8) is 0 Å². The highest BCUT2D eigenvalue weighted by atomic mass is 14.8. The van der Waals surface area contributed by atoms with Crippen LogP contribution in [0, 0.1) is 0 Å². The van der Waals surface area contributed by atoms with Crippen LogP contribution in [-0.4, -0.2) is 19.9 Å². The van der Waals surface area contributed by atoms with Gasteiger partial charge in [0.15, 0.2) is 0 Å². The van der Waals surface area contributed by atoms with Crippen LogP contribution in [0.1, 0.15) is 44.5 Å². The van der Waals surface area contributed by atoms with Gasteiger partial charge in [-0.25, -0.2) is 9.97 Å². The van der Waals surface area contributed by atoms with Gasteiger partial charge in [0.05, 0.1) is 44.3 Å². The Hall–Kier alpha value is -13.0. The van der Waals surface area contributed by atoms with Gasteiger partial charge in [-0.05, 0) is 227 Å². The van der Waals surface area contributed by atoms with Gasteiger partial charge in [-0.3, -0.25) is 9.97 Å². The minimum absolute atomic E-state index is 0.461. The molecule has 0 radical (unpaired) electrons. The first-order valence-electron chi connectivity index (χ1n) is 34.6. The molecule has 15 aromatic carbocycles. The predicted octanol–water partition coefficient (Wildman–Crippen LogP) is 23.8. The number of aromatic nitrogens is 4. The molecule has 0 atom stereocenters. The summed E-state index contributed by atoms with van der Waals surface area (Å²) in [5, 5.41) is 14.1. The van der Waals surface area contributed by atoms with Gasteiger partial charge in [-0.1, -0.05) is 243 Å². The molecule has 0 amide bonds. The number of hydrogen-bond acceptors (Lipinski definition) is 4. The van der Waals surface area contributed by atoms with Crippen molar-refractivity contribution in [1.29, 1.82) is 0 Å². The van der Waals surface area contributed by atoms with Crippen molar-refractivity contribution in [2.45, 2.75) is 10.8 Å². The van der Waals surface area contributed by atoms with Gasteiger partial charge in [0, 0.05) is 45.1 Å². The Balaban J connectivity index is 0.635. The van der Waals surface area contributed by atoms with Crippen LogP contribution < -0.4 is 0 Å². The first kappa shape index (κ1) is 54.1. The quantitative estimate of drug-likeness (QED) is 0.165. The molecule has 4 aromatic heterocycles. The number of rotatable bonds is 4. The second-order valence-electron chi connectivity index (χ2n) is 27.8. The van der Waals surface area contributed by atoms with Crippen LogP contribution in [-0.2, 0) is 10.8 Å². The van der Waals surface area contributed by atoms with Crippen LogP contribution in [0.15, 0.2) is 328 Å². The summed E-state index contributed by atoms with van der Waals surface area (Å²) in [6, 6.07) is 118. The standard InChI is InChI=1S/C96H54N4/c1-2-15-69-56(13-1)36-41-83-89(69)77-51-62-33-34-65(49-68(62)54-86(77)95(83)79-21-7-3-16-71(79)72-17-4-8-22-80(72)95)88-44-39-66-52-76(75-20-12-46-98-94(75)93(66)100-88)64-35-40-70-63(48-64)37-42-84-90(70)78-50-61-32-31-60(47-67(61)53-85(78)96(84)81-23-9-5-18-73(81)74-19-6-10-24-82(74)96)55-25-27-57(28-26-55)87-43-38-59-30-29-58-14-11-45-97-91(58)92(59)99-87/h1-54H. The number of hydrogen-bond donors (Lipinski definition) is 0. The fourth-order valence-electron chi connectivity index (χ4n) is 18.8. The van der Waals surface area contributed by atoms with Crippen LogP contribution >= 0.6 is 0 Å². The molecular formula is C96H54N4. The number of fused-ring (bicyclic) bond motifs is 32. The SMILES string of the molecule is c1ccc2c(c1)-c1ccccc1C21c2cc3cc(-c4ccc5cc(-c6ccc7c8c(ccc7c6)C6(c7ccccc7-c7ccccc76)c6cc7cc(-c9ccc(-c%10ccc%11ccc%12cccnc%12c%11n%10)cc9)ccc7cc6-8)c6cccnc6c5n4)ccc3cc2-c2c1ccc1ccccc21. The Morgan fingerprint density at radius 3 is 1.26 bits per heavy atom. The Morgan fingerprint density at radius 1 is 0.190 bits per heavy atom. The molecular weight excluding hydrogens is 1210 g/mol. The van der Waals surface area contributed by atoms with Crippen molar-refractivity contribution < 1.29 is 0 Å². The molecule has 4 aliphatic rings. The molecule has 23 rings (SSSR count). The van der Waals surface area contributed by atoms with Gasteiger partial charge >= 0.3 is 0 Å². The van der Waals surface area contributed by atoms with Crippen molar-refractivity contribution in [2.24, 2.45) is 0 Å². The summed E-state index contributed by atoms with van der Waals surface area (Å²) in [5.74, 6) is 0. The normalized spacial score (nSPS) is 13.8. The van der Waals surface area contributed by atoms with E-state index in [2.05, 4.69) is 309 Å².